The van der Waals surface area contributed by atoms with Gasteiger partial charge in [0.2, 0.25) is 0 Å². The molecule has 0 unspecified atom stereocenters. The van der Waals surface area contributed by atoms with Crippen molar-refractivity contribution in [2.75, 3.05) is 4.90 Å². The fourth-order valence-corrected chi connectivity index (χ4v) is 10.6. The maximum atomic E-state index is 7.15. The first-order valence-corrected chi connectivity index (χ1v) is 22.8. The second-order valence-electron chi connectivity index (χ2n) is 18.6. The van der Waals surface area contributed by atoms with E-state index in [4.69, 9.17) is 169 Å². The van der Waals surface area contributed by atoms with Gasteiger partial charge in [0, 0.05) is 33.4 Å². The van der Waals surface area contributed by atoms with Crippen LogP contribution in [0.15, 0.2) is 77.2 Å². The van der Waals surface area contributed by atoms with Crippen LogP contribution in [0.2, 0.25) is 0 Å². The van der Waals surface area contributed by atoms with Crippen molar-refractivity contribution in [3.8, 4) is 22.3 Å². The van der Waals surface area contributed by atoms with Gasteiger partial charge in [0.25, 0.3) is 0 Å². The first-order chi connectivity index (χ1) is 35.5. The van der Waals surface area contributed by atoms with Crippen LogP contribution < -0.4 is 120 Å². The zero-order valence-electron chi connectivity index (χ0n) is 39.9. The molecule has 11 rings (SSSR count). The molecular weight excluding hydrogens is 882 g/mol. The molecule has 23 heteroatoms. The van der Waals surface area contributed by atoms with Gasteiger partial charge in [-0.3, -0.25) is 0 Å². The highest BCUT2D eigenvalue weighted by atomic mass is 16.3. The Bertz CT molecular complexity index is 4330. The number of nitrogens with zero attached hydrogens (tertiary/aromatic N) is 1. The van der Waals surface area contributed by atoms with Crippen LogP contribution in [0, 0.1) is 0 Å². The van der Waals surface area contributed by atoms with Crippen LogP contribution in [-0.4, -0.2) is 165 Å². The van der Waals surface area contributed by atoms with E-state index in [9.17, 15) is 0 Å². The van der Waals surface area contributed by atoms with E-state index < -0.39 is 0 Å². The Morgan fingerprint density at radius 3 is 1.19 bits per heavy atom. The van der Waals surface area contributed by atoms with E-state index in [2.05, 4.69) is 0 Å². The van der Waals surface area contributed by atoms with E-state index in [0.29, 0.717) is 49.7 Å². The summed E-state index contributed by atoms with van der Waals surface area (Å²) < 4.78 is 6.60. The summed E-state index contributed by atoms with van der Waals surface area (Å²) in [7, 11) is 140. The summed E-state index contributed by atoms with van der Waals surface area (Å²) in [5.74, 6) is 0. The molecule has 0 atom stereocenters. The fourth-order valence-electron chi connectivity index (χ4n) is 10.6. The zero-order chi connectivity index (χ0) is 53.9. The Kier molecular flexibility index (Phi) is 12.4. The van der Waals surface area contributed by atoms with Crippen LogP contribution >= 0.6 is 0 Å². The van der Waals surface area contributed by atoms with E-state index in [-0.39, 0.29) is 148 Å². The molecule has 10 aromatic carbocycles. The third kappa shape index (κ3) is 7.24. The maximum absolute atomic E-state index is 7.15. The monoisotopic (exact) mass is 897 g/mol. The van der Waals surface area contributed by atoms with Gasteiger partial charge in [-0.25, -0.2) is 0 Å². The molecule has 1 heterocycles. The highest BCUT2D eigenvalue weighted by Crippen LogP contribution is 2.41. The van der Waals surface area contributed by atoms with Crippen molar-refractivity contribution in [1.82, 2.24) is 0 Å². The Labute approximate surface area is 462 Å². The van der Waals surface area contributed by atoms with E-state index in [0.717, 1.165) is 21.7 Å². The highest BCUT2D eigenvalue weighted by Gasteiger charge is 2.28. The molecule has 0 saturated carbocycles. The molecule has 2 nitrogen and oxygen atoms in total. The summed E-state index contributed by atoms with van der Waals surface area (Å²) in [6.45, 7) is 0. The van der Waals surface area contributed by atoms with Gasteiger partial charge in [0.1, 0.15) is 176 Å². The third-order valence-corrected chi connectivity index (χ3v) is 14.6. The Morgan fingerprint density at radius 1 is 0.293 bits per heavy atom. The molecule has 1 aromatic heterocycles. The van der Waals surface area contributed by atoms with Gasteiger partial charge in [-0.05, 0) is 96.2 Å². The van der Waals surface area contributed by atoms with Crippen molar-refractivity contribution in [2.24, 2.45) is 0 Å². The van der Waals surface area contributed by atoms with Crippen LogP contribution in [0.25, 0.3) is 87.3 Å². The van der Waals surface area contributed by atoms with Crippen LogP contribution in [0.3, 0.4) is 0 Å². The molecule has 0 spiro atoms. The summed E-state index contributed by atoms with van der Waals surface area (Å²) in [5, 5.41) is 4.38. The second kappa shape index (κ2) is 18.2. The first-order valence-electron chi connectivity index (χ1n) is 22.8. The molecule has 0 amide bonds. The van der Waals surface area contributed by atoms with E-state index in [1.165, 1.54) is 0 Å². The van der Waals surface area contributed by atoms with E-state index in [1.54, 1.807) is 11.0 Å². The lowest BCUT2D eigenvalue weighted by molar-refractivity contribution is 0.670. The minimum Gasteiger partial charge on any atom is -0.455 e. The number of hydrogen-bond donors (Lipinski definition) is 0. The molecule has 0 N–H and O–H groups in total. The first kappa shape index (κ1) is 51.3. The normalized spacial score (nSPS) is 11.8. The Morgan fingerprint density at radius 2 is 0.693 bits per heavy atom. The topological polar surface area (TPSA) is 16.4 Å². The smallest absolute Gasteiger partial charge is 0.143 e. The quantitative estimate of drug-likeness (QED) is 0.160. The molecule has 75 heavy (non-hydrogen) atoms. The van der Waals surface area contributed by atoms with E-state index in [1.807, 2.05) is 66.7 Å². The summed E-state index contributed by atoms with van der Waals surface area (Å²) in [5.41, 5.74) is 4.80. The molecular formula is C52H12B21NO. The molecule has 0 aliphatic heterocycles. The number of fused-ring (bicyclic) bond motifs is 7. The van der Waals surface area contributed by atoms with Crippen molar-refractivity contribution >= 4 is 362 Å². The van der Waals surface area contributed by atoms with Gasteiger partial charge in [0.05, 0.1) is 0 Å². The Hall–Kier alpha value is -5.80. The minimum absolute atomic E-state index is 0.00321. The molecule has 0 fully saturated rings. The van der Waals surface area contributed by atoms with Gasteiger partial charge >= 0.3 is 0 Å². The highest BCUT2D eigenvalue weighted by molar-refractivity contribution is 6.76. The molecule has 0 aliphatic carbocycles. The average Bonchev–Trinajstić information content (AvgIpc) is 3.78. The maximum Gasteiger partial charge on any atom is 0.143 e. The summed E-state index contributed by atoms with van der Waals surface area (Å²) in [4.78, 5) is 1.59. The fraction of sp³-hybridized carbons (Fsp3) is 0. The van der Waals surface area contributed by atoms with Crippen LogP contribution in [0.1, 0.15) is 0 Å². The van der Waals surface area contributed by atoms with Crippen LogP contribution in [-0.2, 0) is 0 Å². The minimum atomic E-state index is -0.0598. The van der Waals surface area contributed by atoms with E-state index >= 15 is 0 Å². The van der Waals surface area contributed by atoms with Crippen molar-refractivity contribution in [3.63, 3.8) is 0 Å². The summed E-state index contributed by atoms with van der Waals surface area (Å²) >= 11 is 0. The average molecular weight is 894 g/mol. The number of benzene rings is 10. The lowest BCUT2D eigenvalue weighted by Crippen LogP contribution is -2.54. The number of anilines is 3. The Balaban J connectivity index is 1.17. The number of para-hydroxylation sites is 1. The molecule has 294 valence electrons. The largest absolute Gasteiger partial charge is 0.455 e. The molecule has 42 radical (unpaired) electrons. The number of rotatable bonds is 5. The summed E-state index contributed by atoms with van der Waals surface area (Å²) in [6, 6.07) is 22.8. The molecule has 0 aliphatic rings. The zero-order valence-corrected chi connectivity index (χ0v) is 39.9. The molecule has 0 saturated heterocycles. The van der Waals surface area contributed by atoms with Crippen molar-refractivity contribution in [2.45, 2.75) is 0 Å². The lowest BCUT2D eigenvalue weighted by atomic mass is 9.58. The standard InChI is InChI=1S/C52H12B21NO/c53-29-22(30(54)31(55)24-23(29)32(56)42(66)43(67)33(24)57)16-11-19(52-20(12-16)18-3-1-2-4-21(18)75-52)15-6-5-14-10-17(8-7-13(14)9-15)74(50-40(64)27-25(38(62)48(50)72)34(58)44(68)46(70)36(27)60)51-41(65)28-26(39(63)49(51)73)35(59)45(69)47(71)37(28)61/h1-12H. The number of furan rings is 1. The molecule has 0 bridgehead atoms. The van der Waals surface area contributed by atoms with Crippen LogP contribution in [0.5, 0.6) is 0 Å². The van der Waals surface area contributed by atoms with Crippen molar-refractivity contribution in [3.05, 3.63) is 72.8 Å². The van der Waals surface area contributed by atoms with Crippen molar-refractivity contribution < 1.29 is 4.42 Å². The van der Waals surface area contributed by atoms with Gasteiger partial charge in [0.15, 0.2) is 0 Å². The predicted octanol–water partition coefficient (Wildman–Crippen LogP) is -10.3. The van der Waals surface area contributed by atoms with Crippen molar-refractivity contribution in [1.29, 1.82) is 0 Å². The van der Waals surface area contributed by atoms with Gasteiger partial charge < -0.3 is 9.32 Å². The predicted molar refractivity (Wildman–Crippen MR) is 342 cm³/mol. The van der Waals surface area contributed by atoms with Gasteiger partial charge in [-0.15, -0.1) is 32.8 Å². The molecule has 11 aromatic rings. The summed E-state index contributed by atoms with van der Waals surface area (Å²) in [6.07, 6.45) is 0. The second-order valence-corrected chi connectivity index (χ2v) is 18.6. The third-order valence-electron chi connectivity index (χ3n) is 14.6. The van der Waals surface area contributed by atoms with Gasteiger partial charge in [-0.2, -0.15) is 0 Å². The SMILES string of the molecule is [B]c1c([B])c([B])c2c([B])c(-c3cc(-c4ccc5cc(N(c6c([B])c([B])c7c([B])c([B])c([B])c([B])c7c6[B])c6c([B])c([B])c7c([B])c([B])c([B])c([B])c7c6[B])ccc5c4)c4oc5ccccc5c4c3)c([B])c([B])c2c1[B]. The number of hydrogen-bond acceptors (Lipinski definition) is 2. The lowest BCUT2D eigenvalue weighted by Gasteiger charge is -2.37. The van der Waals surface area contributed by atoms with Crippen LogP contribution in [0.4, 0.5) is 17.1 Å². The van der Waals surface area contributed by atoms with Gasteiger partial charge in [-0.1, -0.05) is 118 Å².